The molecule has 2 unspecified atom stereocenters. The average molecular weight is 226 g/mol. The smallest absolute Gasteiger partial charge is 0.0240 e. The molecule has 0 bridgehead atoms. The Morgan fingerprint density at radius 1 is 1.31 bits per heavy atom. The van der Waals surface area contributed by atoms with E-state index < -0.39 is 0 Å². The Morgan fingerprint density at radius 2 is 1.94 bits per heavy atom. The number of nitrogens with zero attached hydrogens (tertiary/aromatic N) is 1. The Bertz CT molecular complexity index is 205. The number of likely N-dealkylation sites (N-methyl/N-ethyl adjacent to an activating group) is 1. The van der Waals surface area contributed by atoms with Gasteiger partial charge in [0.05, 0.1) is 0 Å². The van der Waals surface area contributed by atoms with E-state index in [9.17, 15) is 0 Å². The van der Waals surface area contributed by atoms with Crippen molar-refractivity contribution >= 4 is 0 Å². The summed E-state index contributed by atoms with van der Waals surface area (Å²) in [6, 6.07) is 1.39. The minimum absolute atomic E-state index is 0.346. The van der Waals surface area contributed by atoms with Crippen LogP contribution in [0.25, 0.3) is 0 Å². The maximum absolute atomic E-state index is 3.49. The highest BCUT2D eigenvalue weighted by atomic mass is 15.2. The van der Waals surface area contributed by atoms with Crippen LogP contribution in [0.2, 0.25) is 0 Å². The maximum atomic E-state index is 3.49. The predicted molar refractivity (Wildman–Crippen MR) is 71.7 cm³/mol. The standard InChI is InChI=1S/C14H30N2/c1-11(2)12-8-7-9-16(12)10-13(15-6)14(3,4)5/h11-13,15H,7-10H2,1-6H3. The van der Waals surface area contributed by atoms with Gasteiger partial charge in [-0.1, -0.05) is 34.6 Å². The van der Waals surface area contributed by atoms with Gasteiger partial charge in [-0.05, 0) is 37.8 Å². The average Bonchev–Trinajstić information content (AvgIpc) is 2.59. The molecule has 0 aromatic heterocycles. The molecule has 1 aliphatic heterocycles. The molecular weight excluding hydrogens is 196 g/mol. The van der Waals surface area contributed by atoms with Crippen molar-refractivity contribution in [2.45, 2.75) is 59.5 Å². The quantitative estimate of drug-likeness (QED) is 0.793. The van der Waals surface area contributed by atoms with E-state index in [0.29, 0.717) is 11.5 Å². The van der Waals surface area contributed by atoms with E-state index in [1.165, 1.54) is 25.9 Å². The lowest BCUT2D eigenvalue weighted by atomic mass is 9.86. The summed E-state index contributed by atoms with van der Waals surface area (Å²) in [7, 11) is 2.09. The summed E-state index contributed by atoms with van der Waals surface area (Å²) in [6.07, 6.45) is 2.77. The van der Waals surface area contributed by atoms with E-state index in [1.54, 1.807) is 0 Å². The molecule has 16 heavy (non-hydrogen) atoms. The molecular formula is C14H30N2. The molecule has 1 aliphatic rings. The highest BCUT2D eigenvalue weighted by molar-refractivity contribution is 4.88. The van der Waals surface area contributed by atoms with Crippen LogP contribution in [0, 0.1) is 11.3 Å². The van der Waals surface area contributed by atoms with E-state index in [2.05, 4.69) is 51.9 Å². The van der Waals surface area contributed by atoms with Crippen molar-refractivity contribution in [1.82, 2.24) is 10.2 Å². The second-order valence-electron chi connectivity index (χ2n) is 6.66. The summed E-state index contributed by atoms with van der Waals surface area (Å²) in [6.45, 7) is 14.2. The van der Waals surface area contributed by atoms with Gasteiger partial charge in [0.2, 0.25) is 0 Å². The number of hydrogen-bond acceptors (Lipinski definition) is 2. The van der Waals surface area contributed by atoms with Gasteiger partial charge < -0.3 is 5.32 Å². The van der Waals surface area contributed by atoms with Crippen LogP contribution in [0.15, 0.2) is 0 Å². The van der Waals surface area contributed by atoms with E-state index in [0.717, 1.165) is 12.0 Å². The van der Waals surface area contributed by atoms with Gasteiger partial charge in [-0.15, -0.1) is 0 Å². The number of likely N-dealkylation sites (tertiary alicyclic amines) is 1. The van der Waals surface area contributed by atoms with Gasteiger partial charge in [-0.25, -0.2) is 0 Å². The van der Waals surface area contributed by atoms with Gasteiger partial charge in [-0.2, -0.15) is 0 Å². The number of rotatable bonds is 4. The second-order valence-corrected chi connectivity index (χ2v) is 6.66. The largest absolute Gasteiger partial charge is 0.315 e. The molecule has 0 amide bonds. The van der Waals surface area contributed by atoms with Crippen LogP contribution in [0.4, 0.5) is 0 Å². The lowest BCUT2D eigenvalue weighted by molar-refractivity contribution is 0.146. The minimum Gasteiger partial charge on any atom is -0.315 e. The summed E-state index contributed by atoms with van der Waals surface area (Å²) in [5, 5.41) is 3.49. The van der Waals surface area contributed by atoms with Crippen LogP contribution in [-0.4, -0.2) is 37.1 Å². The minimum atomic E-state index is 0.346. The molecule has 0 spiro atoms. The maximum Gasteiger partial charge on any atom is 0.0240 e. The fourth-order valence-corrected chi connectivity index (χ4v) is 2.87. The van der Waals surface area contributed by atoms with Crippen LogP contribution in [0.1, 0.15) is 47.5 Å². The normalized spacial score (nSPS) is 25.3. The zero-order chi connectivity index (χ0) is 12.3. The highest BCUT2D eigenvalue weighted by Gasteiger charge is 2.32. The fourth-order valence-electron chi connectivity index (χ4n) is 2.87. The topological polar surface area (TPSA) is 15.3 Å². The molecule has 1 rings (SSSR count). The summed E-state index contributed by atoms with van der Waals surface area (Å²) in [4.78, 5) is 2.69. The number of hydrogen-bond donors (Lipinski definition) is 1. The van der Waals surface area contributed by atoms with Crippen molar-refractivity contribution < 1.29 is 0 Å². The molecule has 0 saturated carbocycles. The first-order valence-corrected chi connectivity index (χ1v) is 6.77. The lowest BCUT2D eigenvalue weighted by Crippen LogP contribution is -2.49. The van der Waals surface area contributed by atoms with Crippen LogP contribution < -0.4 is 5.32 Å². The van der Waals surface area contributed by atoms with Crippen LogP contribution in [-0.2, 0) is 0 Å². The fraction of sp³-hybridized carbons (Fsp3) is 1.00. The number of nitrogens with one attached hydrogen (secondary N) is 1. The van der Waals surface area contributed by atoms with E-state index in [4.69, 9.17) is 0 Å². The first-order chi connectivity index (χ1) is 7.36. The van der Waals surface area contributed by atoms with E-state index >= 15 is 0 Å². The molecule has 1 fully saturated rings. The van der Waals surface area contributed by atoms with Crippen molar-refractivity contribution in [3.8, 4) is 0 Å². The summed E-state index contributed by atoms with van der Waals surface area (Å²) in [5.41, 5.74) is 0.346. The highest BCUT2D eigenvalue weighted by Crippen LogP contribution is 2.27. The molecule has 1 N–H and O–H groups in total. The van der Waals surface area contributed by atoms with Crippen LogP contribution in [0.5, 0.6) is 0 Å². The lowest BCUT2D eigenvalue weighted by Gasteiger charge is -2.37. The molecule has 2 nitrogen and oxygen atoms in total. The van der Waals surface area contributed by atoms with Crippen molar-refractivity contribution in [2.24, 2.45) is 11.3 Å². The van der Waals surface area contributed by atoms with Gasteiger partial charge in [-0.3, -0.25) is 4.90 Å². The monoisotopic (exact) mass is 226 g/mol. The summed E-state index contributed by atoms with van der Waals surface area (Å²) < 4.78 is 0. The van der Waals surface area contributed by atoms with Gasteiger partial charge in [0.15, 0.2) is 0 Å². The van der Waals surface area contributed by atoms with E-state index in [-0.39, 0.29) is 0 Å². The third kappa shape index (κ3) is 3.46. The van der Waals surface area contributed by atoms with Gasteiger partial charge in [0.25, 0.3) is 0 Å². The zero-order valence-electron chi connectivity index (χ0n) is 12.0. The predicted octanol–water partition coefficient (Wildman–Crippen LogP) is 2.74. The van der Waals surface area contributed by atoms with Gasteiger partial charge in [0, 0.05) is 18.6 Å². The first kappa shape index (κ1) is 14.0. The molecule has 2 atom stereocenters. The molecule has 0 radical (unpaired) electrons. The summed E-state index contributed by atoms with van der Waals surface area (Å²) in [5.74, 6) is 0.792. The van der Waals surface area contributed by atoms with Crippen molar-refractivity contribution in [3.05, 3.63) is 0 Å². The van der Waals surface area contributed by atoms with Crippen molar-refractivity contribution in [1.29, 1.82) is 0 Å². The van der Waals surface area contributed by atoms with Crippen molar-refractivity contribution in [2.75, 3.05) is 20.1 Å². The molecule has 0 aliphatic carbocycles. The first-order valence-electron chi connectivity index (χ1n) is 6.77. The SMILES string of the molecule is CNC(CN1CCCC1C(C)C)C(C)(C)C. The Kier molecular flexibility index (Phi) is 4.81. The Hall–Kier alpha value is -0.0800. The van der Waals surface area contributed by atoms with Crippen molar-refractivity contribution in [3.63, 3.8) is 0 Å². The molecule has 1 saturated heterocycles. The summed E-state index contributed by atoms with van der Waals surface area (Å²) >= 11 is 0. The van der Waals surface area contributed by atoms with Gasteiger partial charge in [0.1, 0.15) is 0 Å². The van der Waals surface area contributed by atoms with Gasteiger partial charge >= 0.3 is 0 Å². The van der Waals surface area contributed by atoms with E-state index in [1.807, 2.05) is 0 Å². The Morgan fingerprint density at radius 3 is 2.38 bits per heavy atom. The molecule has 0 aromatic carbocycles. The van der Waals surface area contributed by atoms with Crippen LogP contribution in [0.3, 0.4) is 0 Å². The van der Waals surface area contributed by atoms with Crippen LogP contribution >= 0.6 is 0 Å². The third-order valence-corrected chi connectivity index (χ3v) is 3.99. The Balaban J connectivity index is 2.58. The molecule has 2 heteroatoms. The molecule has 0 aromatic rings. The second kappa shape index (κ2) is 5.50. The third-order valence-electron chi connectivity index (χ3n) is 3.99. The zero-order valence-corrected chi connectivity index (χ0v) is 12.0. The molecule has 1 heterocycles. The Labute approximate surface area is 102 Å². The molecule has 96 valence electrons.